The van der Waals surface area contributed by atoms with Gasteiger partial charge in [0.05, 0.1) is 12.8 Å². The summed E-state index contributed by atoms with van der Waals surface area (Å²) in [6, 6.07) is 11.1. The van der Waals surface area contributed by atoms with Crippen molar-refractivity contribution in [2.24, 2.45) is 0 Å². The number of ether oxygens (including phenoxy) is 2. The van der Waals surface area contributed by atoms with Crippen LogP contribution in [0.4, 0.5) is 11.4 Å². The van der Waals surface area contributed by atoms with Crippen LogP contribution in [0.1, 0.15) is 24.0 Å². The van der Waals surface area contributed by atoms with Crippen molar-refractivity contribution in [2.75, 3.05) is 30.5 Å². The normalized spacial score (nSPS) is 13.6. The first kappa shape index (κ1) is 18.8. The number of amides is 2. The van der Waals surface area contributed by atoms with Gasteiger partial charge in [0.25, 0.3) is 5.91 Å². The highest BCUT2D eigenvalue weighted by atomic mass is 16.5. The van der Waals surface area contributed by atoms with Crippen LogP contribution < -0.4 is 19.7 Å². The predicted molar refractivity (Wildman–Crippen MR) is 105 cm³/mol. The minimum atomic E-state index is -0.262. The lowest BCUT2D eigenvalue weighted by Gasteiger charge is -2.19. The Balaban J connectivity index is 1.64. The average molecular weight is 368 g/mol. The molecule has 3 rings (SSSR count). The van der Waals surface area contributed by atoms with E-state index in [1.54, 1.807) is 30.2 Å². The van der Waals surface area contributed by atoms with Gasteiger partial charge in [-0.25, -0.2) is 0 Å². The lowest BCUT2D eigenvalue weighted by atomic mass is 10.1. The van der Waals surface area contributed by atoms with Gasteiger partial charge in [-0.05, 0) is 44.0 Å². The van der Waals surface area contributed by atoms with Crippen LogP contribution in [0.5, 0.6) is 11.5 Å². The van der Waals surface area contributed by atoms with Crippen molar-refractivity contribution in [1.82, 2.24) is 0 Å². The molecule has 0 unspecified atom stereocenters. The van der Waals surface area contributed by atoms with Gasteiger partial charge in [-0.15, -0.1) is 0 Å². The van der Waals surface area contributed by atoms with Gasteiger partial charge in [-0.3, -0.25) is 9.59 Å². The number of hydrogen-bond acceptors (Lipinski definition) is 4. The highest BCUT2D eigenvalue weighted by Gasteiger charge is 2.24. The minimum Gasteiger partial charge on any atom is -0.494 e. The Kier molecular flexibility index (Phi) is 5.64. The first-order valence-electron chi connectivity index (χ1n) is 8.96. The van der Waals surface area contributed by atoms with E-state index in [-0.39, 0.29) is 18.4 Å². The molecule has 1 heterocycles. The molecule has 0 spiro atoms. The molecule has 1 fully saturated rings. The molecule has 142 valence electrons. The van der Waals surface area contributed by atoms with E-state index in [1.807, 2.05) is 32.0 Å². The van der Waals surface area contributed by atoms with Crippen LogP contribution in [0, 0.1) is 13.8 Å². The lowest BCUT2D eigenvalue weighted by molar-refractivity contribution is -0.118. The van der Waals surface area contributed by atoms with E-state index in [4.69, 9.17) is 9.47 Å². The molecule has 1 aliphatic heterocycles. The number of aryl methyl sites for hydroxylation is 2. The van der Waals surface area contributed by atoms with Crippen molar-refractivity contribution >= 4 is 23.2 Å². The maximum Gasteiger partial charge on any atom is 0.262 e. The molecule has 0 radical (unpaired) electrons. The predicted octanol–water partition coefficient (Wildman–Crippen LogP) is 3.46. The smallest absolute Gasteiger partial charge is 0.262 e. The van der Waals surface area contributed by atoms with Crippen molar-refractivity contribution < 1.29 is 19.1 Å². The van der Waals surface area contributed by atoms with Crippen LogP contribution in [-0.2, 0) is 9.59 Å². The third kappa shape index (κ3) is 4.39. The number of nitrogens with one attached hydrogen (secondary N) is 1. The minimum absolute atomic E-state index is 0.0847. The fraction of sp³-hybridized carbons (Fsp3) is 0.333. The molecule has 0 saturated carbocycles. The Morgan fingerprint density at radius 1 is 1.15 bits per heavy atom. The fourth-order valence-corrected chi connectivity index (χ4v) is 3.18. The average Bonchev–Trinajstić information content (AvgIpc) is 3.06. The highest BCUT2D eigenvalue weighted by Crippen LogP contribution is 2.33. The molecular weight excluding hydrogens is 344 g/mol. The largest absolute Gasteiger partial charge is 0.494 e. The summed E-state index contributed by atoms with van der Waals surface area (Å²) >= 11 is 0. The van der Waals surface area contributed by atoms with Gasteiger partial charge in [0, 0.05) is 24.7 Å². The SMILES string of the molecule is COc1cc(NC(=O)COc2ccc(C)cc2C)ccc1N1CCCC1=O. The molecule has 2 aromatic rings. The van der Waals surface area contributed by atoms with Crippen LogP contribution >= 0.6 is 0 Å². The summed E-state index contributed by atoms with van der Waals surface area (Å²) in [4.78, 5) is 25.9. The van der Waals surface area contributed by atoms with Crippen molar-refractivity contribution in [3.8, 4) is 11.5 Å². The number of anilines is 2. The Morgan fingerprint density at radius 2 is 1.96 bits per heavy atom. The van der Waals surface area contributed by atoms with Gasteiger partial charge >= 0.3 is 0 Å². The molecule has 6 nitrogen and oxygen atoms in total. The van der Waals surface area contributed by atoms with E-state index in [0.29, 0.717) is 30.2 Å². The van der Waals surface area contributed by atoms with E-state index in [2.05, 4.69) is 5.32 Å². The second-order valence-corrected chi connectivity index (χ2v) is 6.64. The second-order valence-electron chi connectivity index (χ2n) is 6.64. The number of hydrogen-bond donors (Lipinski definition) is 1. The molecule has 1 N–H and O–H groups in total. The number of carbonyl (C=O) groups excluding carboxylic acids is 2. The summed E-state index contributed by atoms with van der Waals surface area (Å²) in [6.45, 7) is 4.56. The zero-order chi connectivity index (χ0) is 19.4. The van der Waals surface area contributed by atoms with Crippen molar-refractivity contribution in [3.63, 3.8) is 0 Å². The molecular formula is C21H24N2O4. The Hall–Kier alpha value is -3.02. The Bertz CT molecular complexity index is 863. The number of carbonyl (C=O) groups is 2. The molecule has 6 heteroatoms. The third-order valence-corrected chi connectivity index (χ3v) is 4.52. The summed E-state index contributed by atoms with van der Waals surface area (Å²) in [5.41, 5.74) is 3.46. The molecule has 0 bridgehead atoms. The molecule has 1 saturated heterocycles. The maximum atomic E-state index is 12.2. The van der Waals surface area contributed by atoms with E-state index in [9.17, 15) is 9.59 Å². The van der Waals surface area contributed by atoms with E-state index in [1.165, 1.54) is 0 Å². The Labute approximate surface area is 159 Å². The van der Waals surface area contributed by atoms with E-state index in [0.717, 1.165) is 23.2 Å². The van der Waals surface area contributed by atoms with E-state index >= 15 is 0 Å². The molecule has 2 amide bonds. The number of rotatable bonds is 6. The quantitative estimate of drug-likeness (QED) is 0.848. The number of nitrogens with zero attached hydrogens (tertiary/aromatic N) is 1. The van der Waals surface area contributed by atoms with Gasteiger partial charge in [0.1, 0.15) is 11.5 Å². The molecule has 0 aromatic heterocycles. The summed E-state index contributed by atoms with van der Waals surface area (Å²) in [7, 11) is 1.55. The van der Waals surface area contributed by atoms with Crippen molar-refractivity contribution in [3.05, 3.63) is 47.5 Å². The summed E-state index contributed by atoms with van der Waals surface area (Å²) < 4.78 is 11.0. The molecule has 0 aliphatic carbocycles. The van der Waals surface area contributed by atoms with Gasteiger partial charge < -0.3 is 19.7 Å². The summed E-state index contributed by atoms with van der Waals surface area (Å²) in [6.07, 6.45) is 1.40. The number of methoxy groups -OCH3 is 1. The lowest BCUT2D eigenvalue weighted by Crippen LogP contribution is -2.24. The molecule has 0 atom stereocenters. The monoisotopic (exact) mass is 368 g/mol. The highest BCUT2D eigenvalue weighted by molar-refractivity contribution is 5.98. The number of benzene rings is 2. The Morgan fingerprint density at radius 3 is 2.63 bits per heavy atom. The van der Waals surface area contributed by atoms with Gasteiger partial charge in [0.15, 0.2) is 6.61 Å². The van der Waals surface area contributed by atoms with Gasteiger partial charge in [0.2, 0.25) is 5.91 Å². The third-order valence-electron chi connectivity index (χ3n) is 4.52. The first-order valence-corrected chi connectivity index (χ1v) is 8.96. The molecule has 1 aliphatic rings. The van der Waals surface area contributed by atoms with Crippen molar-refractivity contribution in [1.29, 1.82) is 0 Å². The summed E-state index contributed by atoms with van der Waals surface area (Å²) in [5.74, 6) is 1.07. The standard InChI is InChI=1S/C21H24N2O4/c1-14-6-9-18(15(2)11-14)27-13-20(24)22-16-7-8-17(19(12-16)26-3)23-10-4-5-21(23)25/h6-9,11-12H,4-5,10,13H2,1-3H3,(H,22,24). The van der Waals surface area contributed by atoms with Crippen LogP contribution in [0.3, 0.4) is 0 Å². The van der Waals surface area contributed by atoms with Crippen LogP contribution in [0.2, 0.25) is 0 Å². The fourth-order valence-electron chi connectivity index (χ4n) is 3.18. The van der Waals surface area contributed by atoms with E-state index < -0.39 is 0 Å². The topological polar surface area (TPSA) is 67.9 Å². The van der Waals surface area contributed by atoms with Crippen LogP contribution in [0.15, 0.2) is 36.4 Å². The zero-order valence-electron chi connectivity index (χ0n) is 15.9. The van der Waals surface area contributed by atoms with Crippen LogP contribution in [0.25, 0.3) is 0 Å². The molecule has 2 aromatic carbocycles. The van der Waals surface area contributed by atoms with Crippen molar-refractivity contribution in [2.45, 2.75) is 26.7 Å². The van der Waals surface area contributed by atoms with Gasteiger partial charge in [-0.2, -0.15) is 0 Å². The maximum absolute atomic E-state index is 12.2. The van der Waals surface area contributed by atoms with Crippen LogP contribution in [-0.4, -0.2) is 32.1 Å². The van der Waals surface area contributed by atoms with Gasteiger partial charge in [-0.1, -0.05) is 17.7 Å². The first-order chi connectivity index (χ1) is 13.0. The molecule has 27 heavy (non-hydrogen) atoms. The zero-order valence-corrected chi connectivity index (χ0v) is 15.9. The summed E-state index contributed by atoms with van der Waals surface area (Å²) in [5, 5.41) is 2.80. The second kappa shape index (κ2) is 8.12.